The highest BCUT2D eigenvalue weighted by molar-refractivity contribution is 6.20. The minimum absolute atomic E-state index is 0.875. The molecule has 0 aliphatic heterocycles. The number of hydrogen-bond donors (Lipinski definition) is 0. The predicted molar refractivity (Wildman–Crippen MR) is 199 cm³/mol. The van der Waals surface area contributed by atoms with Crippen LogP contribution >= 0.6 is 0 Å². The molecule has 4 heterocycles. The molecule has 11 aromatic rings. The van der Waals surface area contributed by atoms with Gasteiger partial charge in [-0.15, -0.1) is 0 Å². The Labute approximate surface area is 274 Å². The Balaban J connectivity index is 1.10. The van der Waals surface area contributed by atoms with Gasteiger partial charge in [-0.05, 0) is 72.8 Å². The number of aromatic nitrogens is 3. The van der Waals surface area contributed by atoms with Gasteiger partial charge in [0.15, 0.2) is 0 Å². The minimum Gasteiger partial charge on any atom is -0.439 e. The topological polar surface area (TPSA) is 27.9 Å². The smallest absolute Gasteiger partial charge is 0.213 e. The van der Waals surface area contributed by atoms with Crippen molar-refractivity contribution >= 4 is 76.6 Å². The van der Waals surface area contributed by atoms with Gasteiger partial charge in [-0.25, -0.2) is 0 Å². The number of furan rings is 1. The Morgan fingerprint density at radius 3 is 1.35 bits per heavy atom. The Kier molecular flexibility index (Phi) is 5.08. The van der Waals surface area contributed by atoms with Gasteiger partial charge in [0.2, 0.25) is 5.71 Å². The third kappa shape index (κ3) is 3.38. The second-order valence-corrected chi connectivity index (χ2v) is 12.6. The fraction of sp³-hybridized carbons (Fsp3) is 0. The quantitative estimate of drug-likeness (QED) is 0.195. The standard InChI is InChI=1S/C44H27N3O/c1-6-16-37-31(11-1)32-12-2-7-17-38(32)46(37)30-25-26-41-36(27-30)33-13-3-8-18-39(33)45(41)28-21-23-29(24-22-28)47-40-19-9-4-14-34(40)43-35-15-5-10-20-42(35)48-44(43)47/h1-27H. The number of fused-ring (bicyclic) bond motifs is 11. The lowest BCUT2D eigenvalue weighted by Gasteiger charge is -2.12. The lowest BCUT2D eigenvalue weighted by Crippen LogP contribution is -1.97. The third-order valence-corrected chi connectivity index (χ3v) is 10.1. The van der Waals surface area contributed by atoms with Crippen LogP contribution in [0.25, 0.3) is 93.6 Å². The van der Waals surface area contributed by atoms with Gasteiger partial charge in [0.1, 0.15) is 5.58 Å². The average molecular weight is 614 g/mol. The van der Waals surface area contributed by atoms with Crippen LogP contribution < -0.4 is 0 Å². The summed E-state index contributed by atoms with van der Waals surface area (Å²) in [4.78, 5) is 0. The molecule has 4 nitrogen and oxygen atoms in total. The summed E-state index contributed by atoms with van der Waals surface area (Å²) >= 11 is 0. The molecule has 0 aliphatic rings. The van der Waals surface area contributed by atoms with Gasteiger partial charge >= 0.3 is 0 Å². The van der Waals surface area contributed by atoms with E-state index in [9.17, 15) is 0 Å². The van der Waals surface area contributed by atoms with Crippen molar-refractivity contribution in [1.29, 1.82) is 0 Å². The van der Waals surface area contributed by atoms with Gasteiger partial charge in [0, 0.05) is 49.4 Å². The van der Waals surface area contributed by atoms with Gasteiger partial charge in [-0.2, -0.15) is 0 Å². The first-order chi connectivity index (χ1) is 23.8. The maximum absolute atomic E-state index is 6.49. The first kappa shape index (κ1) is 25.6. The largest absolute Gasteiger partial charge is 0.439 e. The first-order valence-corrected chi connectivity index (χ1v) is 16.4. The van der Waals surface area contributed by atoms with E-state index in [2.05, 4.69) is 165 Å². The zero-order chi connectivity index (χ0) is 31.3. The summed E-state index contributed by atoms with van der Waals surface area (Å²) in [6.07, 6.45) is 0. The van der Waals surface area contributed by atoms with Crippen LogP contribution in [0.3, 0.4) is 0 Å². The molecule has 0 saturated carbocycles. The lowest BCUT2D eigenvalue weighted by molar-refractivity contribution is 0.645. The predicted octanol–water partition coefficient (Wildman–Crippen LogP) is 11.7. The molecule has 0 spiro atoms. The summed E-state index contributed by atoms with van der Waals surface area (Å²) in [5.74, 6) is 0. The Morgan fingerprint density at radius 2 is 0.729 bits per heavy atom. The first-order valence-electron chi connectivity index (χ1n) is 16.4. The van der Waals surface area contributed by atoms with Gasteiger partial charge in [-0.3, -0.25) is 4.57 Å². The zero-order valence-electron chi connectivity index (χ0n) is 25.8. The highest BCUT2D eigenvalue weighted by Gasteiger charge is 2.20. The maximum atomic E-state index is 6.49. The molecule has 0 N–H and O–H groups in total. The second kappa shape index (κ2) is 9.50. The Hall–Kier alpha value is -6.52. The SMILES string of the molecule is c1ccc2c(c1)oc1c2c2ccccc2n1-c1ccc(-n2c3ccccc3c3cc(-n4c5ccccc5c5ccccc54)ccc32)cc1. The molecule has 4 aromatic heterocycles. The van der Waals surface area contributed by atoms with Crippen LogP contribution in [0.5, 0.6) is 0 Å². The lowest BCUT2D eigenvalue weighted by atomic mass is 10.1. The van der Waals surface area contributed by atoms with Crippen LogP contribution in [0.15, 0.2) is 168 Å². The van der Waals surface area contributed by atoms with E-state index in [1.165, 1.54) is 49.0 Å². The Morgan fingerprint density at radius 1 is 0.312 bits per heavy atom. The van der Waals surface area contributed by atoms with E-state index in [-0.39, 0.29) is 0 Å². The number of nitrogens with zero attached hydrogens (tertiary/aromatic N) is 3. The molecular weight excluding hydrogens is 587 g/mol. The van der Waals surface area contributed by atoms with E-state index in [4.69, 9.17) is 4.42 Å². The molecule has 0 fully saturated rings. The molecule has 0 atom stereocenters. The fourth-order valence-electron chi connectivity index (χ4n) is 8.03. The highest BCUT2D eigenvalue weighted by atomic mass is 16.3. The zero-order valence-corrected chi connectivity index (χ0v) is 25.8. The van der Waals surface area contributed by atoms with Crippen molar-refractivity contribution in [3.8, 4) is 17.1 Å². The third-order valence-electron chi connectivity index (χ3n) is 10.1. The van der Waals surface area contributed by atoms with Gasteiger partial charge in [0.25, 0.3) is 0 Å². The number of rotatable bonds is 3. The van der Waals surface area contributed by atoms with Crippen LogP contribution in [0, 0.1) is 0 Å². The molecule has 48 heavy (non-hydrogen) atoms. The highest BCUT2D eigenvalue weighted by Crippen LogP contribution is 2.40. The molecule has 0 radical (unpaired) electrons. The van der Waals surface area contributed by atoms with Gasteiger partial charge in [0.05, 0.1) is 33.0 Å². The van der Waals surface area contributed by atoms with E-state index in [0.29, 0.717) is 0 Å². The van der Waals surface area contributed by atoms with E-state index < -0.39 is 0 Å². The molecule has 0 amide bonds. The molecule has 224 valence electrons. The van der Waals surface area contributed by atoms with E-state index in [1.807, 2.05) is 12.1 Å². The molecule has 0 bridgehead atoms. The van der Waals surface area contributed by atoms with Crippen LogP contribution in [0.2, 0.25) is 0 Å². The van der Waals surface area contributed by atoms with Crippen molar-refractivity contribution in [2.45, 2.75) is 0 Å². The molecule has 4 heteroatoms. The monoisotopic (exact) mass is 613 g/mol. The van der Waals surface area contributed by atoms with Crippen LogP contribution in [-0.4, -0.2) is 13.7 Å². The van der Waals surface area contributed by atoms with E-state index >= 15 is 0 Å². The summed E-state index contributed by atoms with van der Waals surface area (Å²) in [6, 6.07) is 58.7. The van der Waals surface area contributed by atoms with Crippen LogP contribution in [0.1, 0.15) is 0 Å². The molecule has 0 saturated heterocycles. The summed E-state index contributed by atoms with van der Waals surface area (Å²) in [5.41, 5.74) is 11.1. The van der Waals surface area contributed by atoms with E-state index in [0.717, 1.165) is 44.6 Å². The summed E-state index contributed by atoms with van der Waals surface area (Å²) in [7, 11) is 0. The average Bonchev–Trinajstić information content (AvgIpc) is 3.87. The second-order valence-electron chi connectivity index (χ2n) is 12.6. The minimum atomic E-state index is 0.875. The molecule has 11 rings (SSSR count). The molecule has 0 unspecified atom stereocenters. The van der Waals surface area contributed by atoms with Crippen molar-refractivity contribution in [3.63, 3.8) is 0 Å². The maximum Gasteiger partial charge on any atom is 0.213 e. The summed E-state index contributed by atoms with van der Waals surface area (Å²) < 4.78 is 13.5. The number of para-hydroxylation sites is 5. The van der Waals surface area contributed by atoms with Crippen LogP contribution in [0.4, 0.5) is 0 Å². The summed E-state index contributed by atoms with van der Waals surface area (Å²) in [6.45, 7) is 0. The number of benzene rings is 7. The molecule has 0 aliphatic carbocycles. The molecule has 7 aromatic carbocycles. The Bertz CT molecular complexity index is 3000. The van der Waals surface area contributed by atoms with E-state index in [1.54, 1.807) is 0 Å². The number of hydrogen-bond acceptors (Lipinski definition) is 1. The van der Waals surface area contributed by atoms with Gasteiger partial charge < -0.3 is 13.6 Å². The van der Waals surface area contributed by atoms with Crippen molar-refractivity contribution in [1.82, 2.24) is 13.7 Å². The van der Waals surface area contributed by atoms with Crippen molar-refractivity contribution in [2.75, 3.05) is 0 Å². The van der Waals surface area contributed by atoms with Crippen molar-refractivity contribution in [2.24, 2.45) is 0 Å². The van der Waals surface area contributed by atoms with Crippen LogP contribution in [-0.2, 0) is 0 Å². The van der Waals surface area contributed by atoms with Crippen molar-refractivity contribution in [3.05, 3.63) is 164 Å². The van der Waals surface area contributed by atoms with Crippen molar-refractivity contribution < 1.29 is 4.42 Å². The normalized spacial score (nSPS) is 12.2. The fourth-order valence-corrected chi connectivity index (χ4v) is 8.03. The molecular formula is C44H27N3O. The van der Waals surface area contributed by atoms with Gasteiger partial charge in [-0.1, -0.05) is 91.0 Å². The summed E-state index contributed by atoms with van der Waals surface area (Å²) in [5, 5.41) is 8.51.